The van der Waals surface area contributed by atoms with Crippen LogP contribution in [0.2, 0.25) is 0 Å². The van der Waals surface area contributed by atoms with Crippen molar-refractivity contribution in [3.05, 3.63) is 24.2 Å². The van der Waals surface area contributed by atoms with Crippen molar-refractivity contribution >= 4 is 24.1 Å². The Hall–Kier alpha value is -2.48. The van der Waals surface area contributed by atoms with Crippen LogP contribution in [0.4, 0.5) is 28.2 Å². The van der Waals surface area contributed by atoms with Gasteiger partial charge in [0.05, 0.1) is 6.20 Å². The van der Waals surface area contributed by atoms with E-state index in [4.69, 9.17) is 4.18 Å². The zero-order valence-corrected chi connectivity index (χ0v) is 16.9. The molecule has 30 heavy (non-hydrogen) atoms. The highest BCUT2D eigenvalue weighted by Crippen LogP contribution is 2.40. The van der Waals surface area contributed by atoms with Gasteiger partial charge in [-0.1, -0.05) is 5.16 Å². The Morgan fingerprint density at radius 3 is 2.73 bits per heavy atom. The number of likely N-dealkylation sites (tertiary alicyclic amines) is 1. The number of aryl methyl sites for hydroxylation is 1. The van der Waals surface area contributed by atoms with Gasteiger partial charge in [-0.3, -0.25) is 10.00 Å². The van der Waals surface area contributed by atoms with Gasteiger partial charge in [0, 0.05) is 39.2 Å². The lowest BCUT2D eigenvalue weighted by Crippen LogP contribution is -2.49. The molecule has 0 atom stereocenters. The van der Waals surface area contributed by atoms with Gasteiger partial charge in [-0.25, -0.2) is 13.6 Å². The van der Waals surface area contributed by atoms with Crippen molar-refractivity contribution in [1.82, 2.24) is 24.1 Å². The molecular weight excluding hydrogens is 432 g/mol. The minimum absolute atomic E-state index is 0.0549. The van der Waals surface area contributed by atoms with Gasteiger partial charge in [0.2, 0.25) is 0 Å². The predicted molar refractivity (Wildman–Crippen MR) is 98.9 cm³/mol. The predicted octanol–water partition coefficient (Wildman–Crippen LogP) is 3.76. The summed E-state index contributed by atoms with van der Waals surface area (Å²) in [7, 11) is 2.54. The second-order valence-electron chi connectivity index (χ2n) is 6.67. The van der Waals surface area contributed by atoms with Crippen molar-refractivity contribution in [2.45, 2.75) is 25.3 Å². The average Bonchev–Trinajstić information content (AvgIpc) is 3.35. The molecule has 1 saturated heterocycles. The Morgan fingerprint density at radius 2 is 2.13 bits per heavy atom. The van der Waals surface area contributed by atoms with Crippen molar-refractivity contribution in [2.24, 2.45) is 13.0 Å². The van der Waals surface area contributed by atoms with E-state index in [1.54, 1.807) is 0 Å². The molecule has 166 valence electrons. The van der Waals surface area contributed by atoms with Crippen LogP contribution in [0.5, 0.6) is 5.75 Å². The number of amides is 2. The zero-order chi connectivity index (χ0) is 21.9. The van der Waals surface area contributed by atoms with Crippen LogP contribution in [0, 0.1) is 5.92 Å². The molecule has 0 unspecified atom stereocenters. The Morgan fingerprint density at radius 1 is 1.43 bits per heavy atom. The molecule has 2 aromatic rings. The highest BCUT2D eigenvalue weighted by atomic mass is 32.2. The van der Waals surface area contributed by atoms with Gasteiger partial charge < -0.3 is 13.6 Å². The lowest BCUT2D eigenvalue weighted by molar-refractivity contribution is -0.147. The van der Waals surface area contributed by atoms with Crippen LogP contribution in [-0.4, -0.2) is 56.4 Å². The Kier molecular flexibility index (Phi) is 6.75. The summed E-state index contributed by atoms with van der Waals surface area (Å²) in [4.78, 5) is 13.6. The molecule has 0 radical (unpaired) electrons. The monoisotopic (exact) mass is 452 g/mol. The fraction of sp³-hybridized carbons (Fsp3) is 0.562. The number of hydrogen-bond donors (Lipinski definition) is 1. The number of halogens is 4. The van der Waals surface area contributed by atoms with Crippen molar-refractivity contribution in [3.63, 3.8) is 0 Å². The quantitative estimate of drug-likeness (QED) is 0.296. The molecule has 3 rings (SSSR count). The summed E-state index contributed by atoms with van der Waals surface area (Å²) in [6, 6.07) is -2.27. The number of carbonyl (C=O) groups excluding carboxylic acids is 1. The molecular formula is C16H20F4N6O3S. The van der Waals surface area contributed by atoms with Crippen molar-refractivity contribution in [3.8, 4) is 5.75 Å². The molecule has 2 aromatic heterocycles. The average molecular weight is 452 g/mol. The van der Waals surface area contributed by atoms with Crippen molar-refractivity contribution in [2.75, 3.05) is 25.5 Å². The first-order valence-corrected chi connectivity index (χ1v) is 9.62. The molecule has 0 spiro atoms. The number of alkyl halides is 4. The van der Waals surface area contributed by atoms with E-state index in [1.165, 1.54) is 30.5 Å². The van der Waals surface area contributed by atoms with Crippen LogP contribution in [-0.2, 0) is 7.05 Å². The smallest absolute Gasteiger partial charge is 0.323 e. The molecule has 0 aliphatic carbocycles. The summed E-state index contributed by atoms with van der Waals surface area (Å²) in [6.45, 7) is 0.253. The van der Waals surface area contributed by atoms with Gasteiger partial charge in [0.1, 0.15) is 6.26 Å². The number of piperidine rings is 1. The molecule has 1 aliphatic rings. The van der Waals surface area contributed by atoms with E-state index >= 15 is 0 Å². The third-order valence-electron chi connectivity index (χ3n) is 4.63. The number of rotatable bonds is 7. The molecule has 1 N–H and O–H groups in total. The maximum Gasteiger partial charge on any atom is 0.323 e. The zero-order valence-electron chi connectivity index (χ0n) is 16.1. The third-order valence-corrected chi connectivity index (χ3v) is 5.35. The number of anilines is 1. The Balaban J connectivity index is 1.52. The van der Waals surface area contributed by atoms with E-state index in [-0.39, 0.29) is 49.7 Å². The summed E-state index contributed by atoms with van der Waals surface area (Å²) in [5, 5.41) is 9.64. The minimum Gasteiger partial charge on any atom is -0.405 e. The maximum absolute atomic E-state index is 14.8. The fourth-order valence-corrected chi connectivity index (χ4v) is 3.57. The number of nitrogens with one attached hydrogen (secondary N) is 1. The van der Waals surface area contributed by atoms with Crippen LogP contribution in [0.25, 0.3) is 0 Å². The van der Waals surface area contributed by atoms with E-state index < -0.39 is 30.1 Å². The van der Waals surface area contributed by atoms with E-state index in [2.05, 4.69) is 20.1 Å². The SMILES string of the molecule is CN(SOc1cn(C)nc1C(F)F)C(F)(F)C1CCN(C(=O)Nc2ccon2)CC1. The van der Waals surface area contributed by atoms with E-state index in [0.717, 1.165) is 11.7 Å². The Labute approximate surface area is 173 Å². The lowest BCUT2D eigenvalue weighted by atomic mass is 9.94. The van der Waals surface area contributed by atoms with Crippen molar-refractivity contribution in [1.29, 1.82) is 0 Å². The summed E-state index contributed by atoms with van der Waals surface area (Å²) in [5.74, 6) is -1.09. The summed E-state index contributed by atoms with van der Waals surface area (Å²) in [6.07, 6.45) is -0.293. The molecule has 14 heteroatoms. The third kappa shape index (κ3) is 4.98. The molecule has 1 aliphatic heterocycles. The second kappa shape index (κ2) is 9.12. The van der Waals surface area contributed by atoms with Crippen molar-refractivity contribution < 1.29 is 31.1 Å². The number of carbonyl (C=O) groups is 1. The van der Waals surface area contributed by atoms with Crippen LogP contribution in [0.3, 0.4) is 0 Å². The maximum atomic E-state index is 14.8. The van der Waals surface area contributed by atoms with Gasteiger partial charge in [-0.05, 0) is 12.8 Å². The highest BCUT2D eigenvalue weighted by Gasteiger charge is 2.46. The molecule has 0 aromatic carbocycles. The Bertz CT molecular complexity index is 842. The van der Waals surface area contributed by atoms with E-state index in [9.17, 15) is 22.4 Å². The standard InChI is InChI=1S/C16H20F4N6O3S/c1-24-9-11(13(22-24)14(17)18)29-30-25(2)16(19,20)10-3-6-26(7-4-10)15(27)21-12-5-8-28-23-12/h5,8-10,14H,3-4,6-7H2,1-2H3,(H,21,23,27). The number of hydrogen-bond acceptors (Lipinski definition) is 7. The first-order valence-electron chi connectivity index (χ1n) is 8.92. The fourth-order valence-electron chi connectivity index (χ4n) is 3.00. The molecule has 2 amide bonds. The van der Waals surface area contributed by atoms with Crippen LogP contribution in [0.15, 0.2) is 23.0 Å². The second-order valence-corrected chi connectivity index (χ2v) is 7.54. The van der Waals surface area contributed by atoms with Crippen LogP contribution < -0.4 is 9.50 Å². The normalized spacial score (nSPS) is 15.8. The summed E-state index contributed by atoms with van der Waals surface area (Å²) < 4.78 is 66.9. The first-order chi connectivity index (χ1) is 14.2. The number of aromatic nitrogens is 3. The highest BCUT2D eigenvalue weighted by molar-refractivity contribution is 7.92. The van der Waals surface area contributed by atoms with Crippen LogP contribution in [0.1, 0.15) is 25.0 Å². The van der Waals surface area contributed by atoms with Gasteiger partial charge in [-0.15, -0.1) is 0 Å². The van der Waals surface area contributed by atoms with Gasteiger partial charge >= 0.3 is 12.1 Å². The van der Waals surface area contributed by atoms with Gasteiger partial charge in [0.25, 0.3) is 6.43 Å². The van der Waals surface area contributed by atoms with Gasteiger partial charge in [0.15, 0.2) is 29.5 Å². The number of nitrogens with zero attached hydrogens (tertiary/aromatic N) is 5. The lowest BCUT2D eigenvalue weighted by Gasteiger charge is -2.38. The number of urea groups is 1. The first kappa shape index (κ1) is 22.2. The molecule has 3 heterocycles. The molecule has 1 fully saturated rings. The molecule has 9 nitrogen and oxygen atoms in total. The summed E-state index contributed by atoms with van der Waals surface area (Å²) in [5.41, 5.74) is -0.617. The molecule has 0 bridgehead atoms. The molecule has 0 saturated carbocycles. The van der Waals surface area contributed by atoms with E-state index in [1.807, 2.05) is 0 Å². The van der Waals surface area contributed by atoms with E-state index in [0.29, 0.717) is 4.31 Å². The largest absolute Gasteiger partial charge is 0.405 e. The van der Waals surface area contributed by atoms with Gasteiger partial charge in [-0.2, -0.15) is 18.2 Å². The minimum atomic E-state index is -3.29. The van der Waals surface area contributed by atoms with Crippen LogP contribution >= 0.6 is 12.2 Å². The summed E-state index contributed by atoms with van der Waals surface area (Å²) >= 11 is 0.270. The topological polar surface area (TPSA) is 88.7 Å².